The van der Waals surface area contributed by atoms with Crippen LogP contribution in [0.5, 0.6) is 5.75 Å². The zero-order valence-corrected chi connectivity index (χ0v) is 18.7. The van der Waals surface area contributed by atoms with E-state index in [1.54, 1.807) is 30.3 Å². The molecule has 0 radical (unpaired) electrons. The summed E-state index contributed by atoms with van der Waals surface area (Å²) in [4.78, 5) is 27.5. The third kappa shape index (κ3) is 5.66. The van der Waals surface area contributed by atoms with E-state index >= 15 is 0 Å². The second kappa shape index (κ2) is 10.6. The van der Waals surface area contributed by atoms with Gasteiger partial charge in [-0.3, -0.25) is 9.69 Å². The van der Waals surface area contributed by atoms with Crippen LogP contribution in [0.1, 0.15) is 19.4 Å². The minimum absolute atomic E-state index is 0.00191. The molecule has 2 atom stereocenters. The van der Waals surface area contributed by atoms with Crippen molar-refractivity contribution in [3.8, 4) is 5.75 Å². The van der Waals surface area contributed by atoms with Crippen molar-refractivity contribution >= 4 is 29.1 Å². The molecular formula is C23H26ClFN4O3. The molecule has 3 N–H and O–H groups in total. The number of nitrogens with one attached hydrogen (secondary N) is 1. The molecule has 0 spiro atoms. The molecule has 3 rings (SSSR count). The molecule has 0 unspecified atom stereocenters. The van der Waals surface area contributed by atoms with E-state index in [9.17, 15) is 14.0 Å². The number of carbonyl (C=O) groups is 1. The third-order valence-electron chi connectivity index (χ3n) is 5.44. The topological polar surface area (TPSA) is 87.9 Å². The molecule has 0 bridgehead atoms. The predicted octanol–water partition coefficient (Wildman–Crippen LogP) is 3.02. The van der Waals surface area contributed by atoms with Crippen molar-refractivity contribution in [2.75, 3.05) is 25.1 Å². The molecule has 1 fully saturated rings. The van der Waals surface area contributed by atoms with Crippen LogP contribution in [0.3, 0.4) is 0 Å². The van der Waals surface area contributed by atoms with Gasteiger partial charge in [0, 0.05) is 24.2 Å². The van der Waals surface area contributed by atoms with Gasteiger partial charge in [0.1, 0.15) is 29.9 Å². The van der Waals surface area contributed by atoms with Crippen molar-refractivity contribution < 1.29 is 18.7 Å². The second-order valence-corrected chi connectivity index (χ2v) is 8.14. The van der Waals surface area contributed by atoms with Crippen LogP contribution in [0.4, 0.5) is 10.1 Å². The van der Waals surface area contributed by atoms with Crippen molar-refractivity contribution in [2.45, 2.75) is 32.5 Å². The minimum Gasteiger partial charge on any atom is -0.476 e. The van der Waals surface area contributed by atoms with Crippen LogP contribution in [0, 0.1) is 5.82 Å². The highest BCUT2D eigenvalue weighted by Crippen LogP contribution is 2.30. The van der Waals surface area contributed by atoms with Gasteiger partial charge < -0.3 is 20.7 Å². The number of ether oxygens (including phenoxy) is 1. The summed E-state index contributed by atoms with van der Waals surface area (Å²) in [5.41, 5.74) is 7.22. The summed E-state index contributed by atoms with van der Waals surface area (Å²) in [5.74, 6) is 1.87. The Labute approximate surface area is 191 Å². The molecule has 0 aliphatic carbocycles. The van der Waals surface area contributed by atoms with Gasteiger partial charge in [-0.15, -0.1) is 0 Å². The molecule has 0 saturated carbocycles. The highest BCUT2D eigenvalue weighted by molar-refractivity contribution is 6.31. The van der Waals surface area contributed by atoms with Crippen molar-refractivity contribution in [1.29, 1.82) is 0 Å². The van der Waals surface area contributed by atoms with Crippen molar-refractivity contribution in [2.24, 2.45) is 5.73 Å². The monoisotopic (exact) mass is 460 g/mol. The number of nitrogens with two attached hydrogens (primary N) is 1. The minimum atomic E-state index is -0.361. The number of anilines is 1. The third-order valence-corrected chi connectivity index (χ3v) is 5.68. The molecule has 32 heavy (non-hydrogen) atoms. The first-order valence-electron chi connectivity index (χ1n) is 10.2. The Kier molecular flexibility index (Phi) is 7.88. The average Bonchev–Trinajstić information content (AvgIpc) is 2.77. The number of hydrogen-bond donors (Lipinski definition) is 2. The summed E-state index contributed by atoms with van der Waals surface area (Å²) in [7, 11) is 0. The van der Waals surface area contributed by atoms with E-state index in [1.807, 2.05) is 23.6 Å². The molecule has 2 aromatic carbocycles. The van der Waals surface area contributed by atoms with Crippen LogP contribution in [-0.2, 0) is 16.1 Å². The summed E-state index contributed by atoms with van der Waals surface area (Å²) in [5, 5.41) is 3.12. The normalized spacial score (nSPS) is 18.9. The molecular weight excluding hydrogens is 435 g/mol. The van der Waals surface area contributed by atoms with Crippen LogP contribution in [0.15, 0.2) is 48.2 Å². The van der Waals surface area contributed by atoms with E-state index in [0.29, 0.717) is 35.2 Å². The molecule has 2 aromatic rings. The maximum atomic E-state index is 13.2. The molecule has 1 heterocycles. The van der Waals surface area contributed by atoms with Crippen LogP contribution in [0.25, 0.3) is 0 Å². The molecule has 1 amide bonds. The summed E-state index contributed by atoms with van der Waals surface area (Å²) in [6, 6.07) is 10.9. The van der Waals surface area contributed by atoms with Gasteiger partial charge in [0.05, 0.1) is 18.3 Å². The Balaban J connectivity index is 1.71. The fraction of sp³-hybridized carbons (Fsp3) is 0.348. The zero-order chi connectivity index (χ0) is 23.3. The van der Waals surface area contributed by atoms with Crippen molar-refractivity contribution in [1.82, 2.24) is 9.80 Å². The van der Waals surface area contributed by atoms with E-state index in [1.165, 1.54) is 12.1 Å². The smallest absolute Gasteiger partial charge is 0.238 e. The van der Waals surface area contributed by atoms with Crippen LogP contribution in [0.2, 0.25) is 5.02 Å². The largest absolute Gasteiger partial charge is 0.476 e. The summed E-state index contributed by atoms with van der Waals surface area (Å²) >= 11 is 6.04. The van der Waals surface area contributed by atoms with Crippen molar-refractivity contribution in [3.05, 3.63) is 64.6 Å². The van der Waals surface area contributed by atoms with E-state index in [2.05, 4.69) is 11.3 Å². The van der Waals surface area contributed by atoms with Gasteiger partial charge in [0.25, 0.3) is 0 Å². The number of carbonyl (C=O) groups excluding carboxylic acids is 2. The first-order valence-corrected chi connectivity index (χ1v) is 10.6. The Morgan fingerprint density at radius 2 is 2.00 bits per heavy atom. The quantitative estimate of drug-likeness (QED) is 0.617. The maximum absolute atomic E-state index is 13.2. The van der Waals surface area contributed by atoms with Gasteiger partial charge in [0.2, 0.25) is 5.91 Å². The van der Waals surface area contributed by atoms with E-state index in [-0.39, 0.29) is 37.1 Å². The second-order valence-electron chi connectivity index (χ2n) is 7.70. The first kappa shape index (κ1) is 23.8. The highest BCUT2D eigenvalue weighted by atomic mass is 35.5. The predicted molar refractivity (Wildman–Crippen MR) is 121 cm³/mol. The lowest BCUT2D eigenvalue weighted by Gasteiger charge is -2.45. The molecule has 7 nitrogen and oxygen atoms in total. The average molecular weight is 461 g/mol. The molecule has 1 saturated heterocycles. The lowest BCUT2D eigenvalue weighted by molar-refractivity contribution is -0.114. The van der Waals surface area contributed by atoms with Gasteiger partial charge in [-0.05, 0) is 49.7 Å². The number of nitrogens with zero attached hydrogens (tertiary/aromatic N) is 2. The van der Waals surface area contributed by atoms with Gasteiger partial charge in [0.15, 0.2) is 0 Å². The number of piperazine rings is 1. The highest BCUT2D eigenvalue weighted by Gasteiger charge is 2.34. The summed E-state index contributed by atoms with van der Waals surface area (Å²) < 4.78 is 19.2. The molecule has 9 heteroatoms. The van der Waals surface area contributed by atoms with E-state index in [0.717, 1.165) is 5.56 Å². The first-order chi connectivity index (χ1) is 15.3. The fourth-order valence-electron chi connectivity index (χ4n) is 3.66. The lowest BCUT2D eigenvalue weighted by atomic mass is 10.0. The van der Waals surface area contributed by atoms with Crippen LogP contribution < -0.4 is 15.8 Å². The van der Waals surface area contributed by atoms with Crippen LogP contribution >= 0.6 is 11.6 Å². The molecule has 1 aliphatic heterocycles. The van der Waals surface area contributed by atoms with Crippen LogP contribution in [-0.4, -0.2) is 53.6 Å². The van der Waals surface area contributed by atoms with Gasteiger partial charge in [-0.25, -0.2) is 9.18 Å². The number of rotatable bonds is 7. The molecule has 1 aliphatic rings. The SMILES string of the molecule is C[C@@H]1C(=C=O)N(Cc2ccc(F)cc2)[C@@H](C)CN1COc1ccc(Cl)cc1NC(=O)CN. The number of hydrogen-bond acceptors (Lipinski definition) is 6. The van der Waals surface area contributed by atoms with Gasteiger partial charge in [-0.1, -0.05) is 23.7 Å². The van der Waals surface area contributed by atoms with Gasteiger partial charge >= 0.3 is 0 Å². The van der Waals surface area contributed by atoms with Gasteiger partial charge in [-0.2, -0.15) is 0 Å². The summed E-state index contributed by atoms with van der Waals surface area (Å²) in [6.07, 6.45) is 0. The summed E-state index contributed by atoms with van der Waals surface area (Å²) in [6.45, 7) is 5.06. The Hall–Kier alpha value is -2.90. The Bertz CT molecular complexity index is 1010. The van der Waals surface area contributed by atoms with E-state index in [4.69, 9.17) is 22.1 Å². The zero-order valence-electron chi connectivity index (χ0n) is 18.0. The molecule has 0 aromatic heterocycles. The fourth-order valence-corrected chi connectivity index (χ4v) is 3.83. The standard InChI is InChI=1S/C23H26ClFN4O3/c1-15-11-28(14-32-22-8-5-18(24)9-20(22)27-23(31)10-26)16(2)21(13-30)29(15)12-17-3-6-19(25)7-4-17/h3-9,15-16H,10-12,14,26H2,1-2H3,(H,27,31)/t15-,16+/m0/s1. The Morgan fingerprint density at radius 1 is 1.28 bits per heavy atom. The number of halogens is 2. The van der Waals surface area contributed by atoms with Crippen molar-refractivity contribution in [3.63, 3.8) is 0 Å². The maximum Gasteiger partial charge on any atom is 0.238 e. The lowest BCUT2D eigenvalue weighted by Crippen LogP contribution is -2.55. The molecule has 170 valence electrons. The van der Waals surface area contributed by atoms with E-state index < -0.39 is 0 Å². The number of benzene rings is 2. The number of amides is 1. The Morgan fingerprint density at radius 3 is 2.66 bits per heavy atom.